The van der Waals surface area contributed by atoms with E-state index in [9.17, 15) is 48.5 Å². The number of phosphoric ester groups is 2. The average molecular weight is 716 g/mol. The fourth-order valence-corrected chi connectivity index (χ4v) is 6.31. The molecule has 0 saturated carbocycles. The van der Waals surface area contributed by atoms with Gasteiger partial charge in [0.05, 0.1) is 35.8 Å². The smallest absolute Gasteiger partial charge is 0.390 e. The van der Waals surface area contributed by atoms with E-state index in [4.69, 9.17) is 19.7 Å². The molecule has 2 aliphatic heterocycles. The zero-order chi connectivity index (χ0) is 31.4. The van der Waals surface area contributed by atoms with Crippen molar-refractivity contribution in [1.82, 2.24) is 29.1 Å². The van der Waals surface area contributed by atoms with E-state index < -0.39 is 82.4 Å². The van der Waals surface area contributed by atoms with Gasteiger partial charge in [-0.2, -0.15) is 4.98 Å². The number of nitrogens with zero attached hydrogens (tertiary/aromatic N) is 5. The first-order valence-corrected chi connectivity index (χ1v) is 15.9. The number of hydrogen-bond donors (Lipinski definition) is 8. The van der Waals surface area contributed by atoms with Crippen molar-refractivity contribution in [3.8, 4) is 0 Å². The Kier molecular flexibility index (Phi) is 8.79. The molecule has 24 heteroatoms. The van der Waals surface area contributed by atoms with Crippen molar-refractivity contribution >= 4 is 48.7 Å². The number of H-pyrrole nitrogens is 1. The summed E-state index contributed by atoms with van der Waals surface area (Å²) in [6, 6.07) is 0. The zero-order valence-corrected chi connectivity index (χ0v) is 24.7. The maximum Gasteiger partial charge on any atom is 0.469 e. The van der Waals surface area contributed by atoms with E-state index in [0.717, 1.165) is 10.8 Å². The highest BCUT2D eigenvalue weighted by Gasteiger charge is 2.56. The molecular formula is C19H24BrN7O14P2. The summed E-state index contributed by atoms with van der Waals surface area (Å²) in [7, 11) is -10.6. The Labute approximate surface area is 246 Å². The summed E-state index contributed by atoms with van der Waals surface area (Å²) in [4.78, 5) is 76.3. The van der Waals surface area contributed by atoms with Gasteiger partial charge in [0, 0.05) is 18.5 Å². The summed E-state index contributed by atoms with van der Waals surface area (Å²) in [5.41, 5.74) is 4.28. The molecule has 2 fully saturated rings. The summed E-state index contributed by atoms with van der Waals surface area (Å²) in [6.45, 7) is -0.925. The maximum absolute atomic E-state index is 12.4. The topological polar surface area (TPSA) is 317 Å². The second-order valence-electron chi connectivity index (χ2n) is 9.57. The van der Waals surface area contributed by atoms with Crippen molar-refractivity contribution < 1.29 is 57.4 Å². The number of anilines is 1. The molecule has 1 unspecified atom stereocenters. The summed E-state index contributed by atoms with van der Waals surface area (Å²) in [5.74, 6) is -1.78. The van der Waals surface area contributed by atoms with E-state index >= 15 is 0 Å². The van der Waals surface area contributed by atoms with Crippen LogP contribution in [0.25, 0.3) is 11.2 Å². The van der Waals surface area contributed by atoms with Gasteiger partial charge in [0.25, 0.3) is 5.56 Å². The first-order chi connectivity index (χ1) is 20.0. The second-order valence-corrected chi connectivity index (χ2v) is 12.9. The number of ether oxygens (including phenoxy) is 2. The van der Waals surface area contributed by atoms with Crippen LogP contribution >= 0.6 is 31.6 Å². The number of rotatable bonds is 9. The molecule has 0 spiro atoms. The largest absolute Gasteiger partial charge is 0.469 e. The number of aliphatic hydroxyl groups excluding tert-OH is 2. The van der Waals surface area contributed by atoms with Crippen LogP contribution in [0.1, 0.15) is 18.9 Å². The minimum atomic E-state index is -5.43. The number of hydrogen-bond acceptors (Lipinski definition) is 14. The normalized spacial score (nSPS) is 29.0. The van der Waals surface area contributed by atoms with Crippen LogP contribution in [0.4, 0.5) is 5.95 Å². The minimum Gasteiger partial charge on any atom is -0.390 e. The predicted octanol–water partition coefficient (Wildman–Crippen LogP) is -2.17. The van der Waals surface area contributed by atoms with Gasteiger partial charge in [0.1, 0.15) is 30.1 Å². The number of imidazole rings is 1. The minimum absolute atomic E-state index is 0.0641. The molecule has 0 bridgehead atoms. The molecule has 3 aromatic heterocycles. The lowest BCUT2D eigenvalue weighted by atomic mass is 9.87. The Hall–Kier alpha value is -2.43. The third-order valence-corrected chi connectivity index (χ3v) is 8.35. The summed E-state index contributed by atoms with van der Waals surface area (Å²) in [6.07, 6.45) is -8.11. The molecule has 0 radical (unpaired) electrons. The van der Waals surface area contributed by atoms with Crippen molar-refractivity contribution in [3.05, 3.63) is 44.0 Å². The van der Waals surface area contributed by atoms with Gasteiger partial charge in [0.15, 0.2) is 11.9 Å². The highest BCUT2D eigenvalue weighted by atomic mass is 79.9. The number of phosphoric acid groups is 2. The number of nitrogen functional groups attached to an aromatic ring is 1. The van der Waals surface area contributed by atoms with E-state index in [1.54, 1.807) is 0 Å². The standard InChI is InChI=1S/C19H24BrN7O14P2/c20-6-3-26(19(31)25-16(6)30)10-1-8(28)13(40-10)14(41-43(35,36)37)11-9(4-38-42(32,33)34)39-17(12(11)29)27-5-23-7-2-22-18(21)24-15(7)27/h2-3,5,8-14,17,28-29H,1,4H2,(H2,21,22,24)(H,25,30,31)(H2,32,33,34)(H2,35,36,37)/t8-,9-,10+,11+,12+,13+,14?,17+/m0/s1. The average Bonchev–Trinajstić information content (AvgIpc) is 3.57. The molecule has 2 aliphatic rings. The van der Waals surface area contributed by atoms with Gasteiger partial charge >= 0.3 is 21.3 Å². The molecule has 2 saturated heterocycles. The van der Waals surface area contributed by atoms with Crippen molar-refractivity contribution in [2.75, 3.05) is 12.3 Å². The van der Waals surface area contributed by atoms with Gasteiger partial charge < -0.3 is 45.0 Å². The number of aromatic amines is 1. The summed E-state index contributed by atoms with van der Waals surface area (Å²) >= 11 is 2.98. The predicted molar refractivity (Wildman–Crippen MR) is 142 cm³/mol. The Morgan fingerprint density at radius 1 is 1.14 bits per heavy atom. The molecule has 0 amide bonds. The fourth-order valence-electron chi connectivity index (χ4n) is 5.07. The van der Waals surface area contributed by atoms with Gasteiger partial charge in [-0.15, -0.1) is 0 Å². The van der Waals surface area contributed by atoms with E-state index in [1.807, 2.05) is 4.98 Å². The molecule has 0 aromatic carbocycles. The van der Waals surface area contributed by atoms with Crippen LogP contribution in [-0.4, -0.2) is 96.0 Å². The molecule has 21 nitrogen and oxygen atoms in total. The van der Waals surface area contributed by atoms with E-state index in [-0.39, 0.29) is 28.0 Å². The first-order valence-electron chi connectivity index (χ1n) is 12.1. The quantitative estimate of drug-likeness (QED) is 0.109. The second kappa shape index (κ2) is 11.8. The van der Waals surface area contributed by atoms with Crippen LogP contribution in [-0.2, 0) is 27.7 Å². The molecule has 5 rings (SSSR count). The van der Waals surface area contributed by atoms with Crippen molar-refractivity contribution in [1.29, 1.82) is 0 Å². The molecule has 9 N–H and O–H groups in total. The first kappa shape index (κ1) is 32.0. The lowest BCUT2D eigenvalue weighted by Crippen LogP contribution is -2.48. The van der Waals surface area contributed by atoms with Crippen LogP contribution in [0, 0.1) is 5.92 Å². The molecule has 5 heterocycles. The van der Waals surface area contributed by atoms with E-state index in [0.29, 0.717) is 0 Å². The molecule has 8 atom stereocenters. The van der Waals surface area contributed by atoms with Crippen LogP contribution in [0.2, 0.25) is 0 Å². The number of aliphatic hydroxyl groups is 2. The number of fused-ring (bicyclic) bond motifs is 1. The molecule has 0 aliphatic carbocycles. The molecular weight excluding hydrogens is 692 g/mol. The molecule has 3 aromatic rings. The highest BCUT2D eigenvalue weighted by Crippen LogP contribution is 2.49. The third-order valence-electron chi connectivity index (χ3n) is 6.78. The van der Waals surface area contributed by atoms with Gasteiger partial charge in [-0.05, 0) is 15.9 Å². The Balaban J connectivity index is 1.54. The third kappa shape index (κ3) is 6.81. The van der Waals surface area contributed by atoms with Crippen molar-refractivity contribution in [3.63, 3.8) is 0 Å². The molecule has 43 heavy (non-hydrogen) atoms. The van der Waals surface area contributed by atoms with Gasteiger partial charge in [-0.3, -0.25) is 28.0 Å². The number of nitrogens with one attached hydrogen (secondary N) is 1. The number of aromatic nitrogens is 6. The Bertz CT molecular complexity index is 1720. The van der Waals surface area contributed by atoms with Crippen LogP contribution < -0.4 is 17.0 Å². The SMILES string of the molecule is Nc1ncc2ncn([C@@H]3O[C@@H](COP(=O)(O)O)[C@@H](C(OP(=O)(O)O)[C@@H]4O[C@@H](n5cc(Br)c(=O)[nH]c5=O)C[C@@H]4O)[C@H]3O)c2n1. The van der Waals surface area contributed by atoms with Gasteiger partial charge in [-0.1, -0.05) is 0 Å². The molecule has 236 valence electrons. The van der Waals surface area contributed by atoms with Crippen LogP contribution in [0.3, 0.4) is 0 Å². The lowest BCUT2D eigenvalue weighted by Gasteiger charge is -2.34. The summed E-state index contributed by atoms with van der Waals surface area (Å²) in [5, 5.41) is 22.4. The monoisotopic (exact) mass is 715 g/mol. The maximum atomic E-state index is 12.4. The number of nitrogens with two attached hydrogens (primary N) is 1. The Morgan fingerprint density at radius 2 is 1.86 bits per heavy atom. The Morgan fingerprint density at radius 3 is 2.53 bits per heavy atom. The van der Waals surface area contributed by atoms with Crippen molar-refractivity contribution in [2.45, 2.75) is 49.4 Å². The van der Waals surface area contributed by atoms with Gasteiger partial charge in [0.2, 0.25) is 5.95 Å². The zero-order valence-electron chi connectivity index (χ0n) is 21.3. The van der Waals surface area contributed by atoms with E-state index in [1.165, 1.54) is 17.1 Å². The van der Waals surface area contributed by atoms with E-state index in [2.05, 4.69) is 35.4 Å². The van der Waals surface area contributed by atoms with Crippen LogP contribution in [0.15, 0.2) is 32.8 Å². The number of halogens is 1. The van der Waals surface area contributed by atoms with Crippen molar-refractivity contribution in [2.24, 2.45) is 5.92 Å². The summed E-state index contributed by atoms with van der Waals surface area (Å²) < 4.78 is 46.9. The van der Waals surface area contributed by atoms with Crippen LogP contribution in [0.5, 0.6) is 0 Å². The lowest BCUT2D eigenvalue weighted by molar-refractivity contribution is -0.118. The van der Waals surface area contributed by atoms with Gasteiger partial charge in [-0.25, -0.2) is 23.9 Å². The highest BCUT2D eigenvalue weighted by molar-refractivity contribution is 9.10. The fraction of sp³-hybridized carbons (Fsp3) is 0.526.